The van der Waals surface area contributed by atoms with E-state index in [1.807, 2.05) is 24.3 Å². The van der Waals surface area contributed by atoms with Gasteiger partial charge in [-0.05, 0) is 18.1 Å². The van der Waals surface area contributed by atoms with Crippen LogP contribution in [0.25, 0.3) is 0 Å². The van der Waals surface area contributed by atoms with Gasteiger partial charge < -0.3 is 15.2 Å². The topological polar surface area (TPSA) is 44.7 Å². The van der Waals surface area contributed by atoms with Gasteiger partial charge in [-0.25, -0.2) is 0 Å². The first-order valence-electron chi connectivity index (χ1n) is 8.90. The van der Waals surface area contributed by atoms with Crippen LogP contribution in [0.4, 0.5) is 0 Å². The largest absolute Gasteiger partial charge is 0.387 e. The quantitative estimate of drug-likeness (QED) is 0.677. The molecule has 25 heavy (non-hydrogen) atoms. The Morgan fingerprint density at radius 2 is 1.96 bits per heavy atom. The van der Waals surface area contributed by atoms with Gasteiger partial charge in [-0.15, -0.1) is 0 Å². The van der Waals surface area contributed by atoms with Crippen molar-refractivity contribution >= 4 is 0 Å². The molecule has 0 aromatic heterocycles. The van der Waals surface area contributed by atoms with Crippen molar-refractivity contribution in [3.05, 3.63) is 72.9 Å². The predicted molar refractivity (Wildman–Crippen MR) is 104 cm³/mol. The minimum atomic E-state index is -0.649. The minimum Gasteiger partial charge on any atom is -0.387 e. The Kier molecular flexibility index (Phi) is 8.09. The zero-order valence-corrected chi connectivity index (χ0v) is 15.1. The van der Waals surface area contributed by atoms with Crippen molar-refractivity contribution in [1.82, 2.24) is 10.2 Å². The van der Waals surface area contributed by atoms with Gasteiger partial charge in [0, 0.05) is 25.7 Å². The van der Waals surface area contributed by atoms with Crippen molar-refractivity contribution in [1.29, 1.82) is 0 Å². The molecule has 4 heteroatoms. The summed E-state index contributed by atoms with van der Waals surface area (Å²) in [4.78, 5) is 2.33. The fourth-order valence-electron chi connectivity index (χ4n) is 3.12. The van der Waals surface area contributed by atoms with Crippen LogP contribution in [0.5, 0.6) is 0 Å². The van der Waals surface area contributed by atoms with Crippen LogP contribution < -0.4 is 5.32 Å². The smallest absolute Gasteiger partial charge is 0.0955 e. The summed E-state index contributed by atoms with van der Waals surface area (Å²) in [5.41, 5.74) is 1.98. The molecule has 1 aliphatic rings. The van der Waals surface area contributed by atoms with Crippen LogP contribution in [0.1, 0.15) is 18.5 Å². The molecule has 3 atom stereocenters. The molecule has 0 amide bonds. The summed E-state index contributed by atoms with van der Waals surface area (Å²) in [6.07, 6.45) is 4.56. The summed E-state index contributed by atoms with van der Waals surface area (Å²) >= 11 is 0. The average Bonchev–Trinajstić information content (AvgIpc) is 2.66. The number of aliphatic hydroxyl groups is 1. The highest BCUT2D eigenvalue weighted by molar-refractivity contribution is 5.27. The van der Waals surface area contributed by atoms with E-state index in [9.17, 15) is 5.11 Å². The fraction of sp³-hybridized carbons (Fsp3) is 0.429. The number of nitrogens with one attached hydrogen (secondary N) is 1. The fourth-order valence-corrected chi connectivity index (χ4v) is 3.12. The second kappa shape index (κ2) is 10.3. The number of aliphatic hydroxyl groups excluding tert-OH is 1. The summed E-state index contributed by atoms with van der Waals surface area (Å²) in [6.45, 7) is 13.7. The van der Waals surface area contributed by atoms with Crippen LogP contribution in [0.2, 0.25) is 0 Å². The molecule has 1 aliphatic heterocycles. The first-order valence-corrected chi connectivity index (χ1v) is 8.90. The van der Waals surface area contributed by atoms with E-state index < -0.39 is 6.10 Å². The highest BCUT2D eigenvalue weighted by Crippen LogP contribution is 2.17. The van der Waals surface area contributed by atoms with Crippen molar-refractivity contribution in [2.75, 3.05) is 32.8 Å². The first kappa shape index (κ1) is 19.6. The van der Waals surface area contributed by atoms with Gasteiger partial charge >= 0.3 is 0 Å². The van der Waals surface area contributed by atoms with E-state index in [-0.39, 0.29) is 12.1 Å². The minimum absolute atomic E-state index is 0.113. The monoisotopic (exact) mass is 342 g/mol. The van der Waals surface area contributed by atoms with E-state index in [1.165, 1.54) is 5.56 Å². The van der Waals surface area contributed by atoms with Crippen LogP contribution in [0, 0.1) is 0 Å². The predicted octanol–water partition coefficient (Wildman–Crippen LogP) is 2.70. The van der Waals surface area contributed by atoms with Crippen molar-refractivity contribution in [3.8, 4) is 0 Å². The SMILES string of the molecule is C=C/C=C(\C=C)C(O)C(CN1CCOCC1)NC(C)c1ccccc1. The van der Waals surface area contributed by atoms with Gasteiger partial charge in [0.1, 0.15) is 0 Å². The summed E-state index contributed by atoms with van der Waals surface area (Å²) in [6, 6.07) is 10.3. The Labute approximate surface area is 151 Å². The molecule has 4 nitrogen and oxygen atoms in total. The molecule has 0 saturated carbocycles. The number of nitrogens with zero attached hydrogens (tertiary/aromatic N) is 1. The highest BCUT2D eigenvalue weighted by Gasteiger charge is 2.26. The molecular formula is C21H30N2O2. The molecule has 1 aromatic carbocycles. The van der Waals surface area contributed by atoms with E-state index in [0.29, 0.717) is 0 Å². The molecule has 1 fully saturated rings. The molecule has 1 aromatic rings. The highest BCUT2D eigenvalue weighted by atomic mass is 16.5. The molecule has 3 unspecified atom stereocenters. The van der Waals surface area contributed by atoms with E-state index in [2.05, 4.69) is 42.4 Å². The summed E-state index contributed by atoms with van der Waals surface area (Å²) in [5.74, 6) is 0. The summed E-state index contributed by atoms with van der Waals surface area (Å²) in [5, 5.41) is 14.5. The van der Waals surface area contributed by atoms with Crippen molar-refractivity contribution in [2.24, 2.45) is 0 Å². The first-order chi connectivity index (χ1) is 12.2. The molecule has 136 valence electrons. The van der Waals surface area contributed by atoms with Crippen molar-refractivity contribution < 1.29 is 9.84 Å². The maximum Gasteiger partial charge on any atom is 0.0955 e. The third-order valence-corrected chi connectivity index (χ3v) is 4.59. The molecule has 0 bridgehead atoms. The van der Waals surface area contributed by atoms with Gasteiger partial charge in [0.05, 0.1) is 25.4 Å². The number of morpholine rings is 1. The van der Waals surface area contributed by atoms with Gasteiger partial charge in [0.15, 0.2) is 0 Å². The lowest BCUT2D eigenvalue weighted by Crippen LogP contribution is -2.51. The van der Waals surface area contributed by atoms with E-state index in [4.69, 9.17) is 4.74 Å². The second-order valence-corrected chi connectivity index (χ2v) is 6.37. The van der Waals surface area contributed by atoms with E-state index in [0.717, 1.165) is 38.4 Å². The molecule has 1 saturated heterocycles. The molecule has 2 N–H and O–H groups in total. The van der Waals surface area contributed by atoms with Crippen LogP contribution in [0.15, 0.2) is 67.3 Å². The maximum absolute atomic E-state index is 10.9. The Morgan fingerprint density at radius 1 is 1.28 bits per heavy atom. The number of allylic oxidation sites excluding steroid dienone is 2. The summed E-state index contributed by atoms with van der Waals surface area (Å²) in [7, 11) is 0. The molecule has 0 spiro atoms. The van der Waals surface area contributed by atoms with Crippen molar-refractivity contribution in [2.45, 2.75) is 25.1 Å². The Morgan fingerprint density at radius 3 is 2.56 bits per heavy atom. The van der Waals surface area contributed by atoms with Crippen LogP contribution in [0.3, 0.4) is 0 Å². The lowest BCUT2D eigenvalue weighted by atomic mass is 9.98. The molecule has 2 rings (SSSR count). The number of hydrogen-bond acceptors (Lipinski definition) is 4. The summed E-state index contributed by atoms with van der Waals surface area (Å²) < 4.78 is 5.43. The van der Waals surface area contributed by atoms with Crippen molar-refractivity contribution in [3.63, 3.8) is 0 Å². The third kappa shape index (κ3) is 5.94. The number of hydrogen-bond donors (Lipinski definition) is 2. The molecule has 0 aliphatic carbocycles. The van der Waals surface area contributed by atoms with Gasteiger partial charge in [-0.1, -0.05) is 61.7 Å². The third-order valence-electron chi connectivity index (χ3n) is 4.59. The Balaban J connectivity index is 2.13. The Bertz CT molecular complexity index is 565. The van der Waals surface area contributed by atoms with Crippen LogP contribution in [-0.4, -0.2) is 55.0 Å². The average molecular weight is 342 g/mol. The van der Waals surface area contributed by atoms with Gasteiger partial charge in [-0.3, -0.25) is 4.90 Å². The molecule has 0 radical (unpaired) electrons. The van der Waals surface area contributed by atoms with Gasteiger partial charge in [-0.2, -0.15) is 0 Å². The Hall–Kier alpha value is -1.72. The lowest BCUT2D eigenvalue weighted by Gasteiger charge is -2.35. The maximum atomic E-state index is 10.9. The van der Waals surface area contributed by atoms with Crippen LogP contribution >= 0.6 is 0 Å². The number of rotatable bonds is 9. The molecular weight excluding hydrogens is 312 g/mol. The lowest BCUT2D eigenvalue weighted by molar-refractivity contribution is 0.0235. The zero-order valence-electron chi connectivity index (χ0n) is 15.1. The zero-order chi connectivity index (χ0) is 18.1. The van der Waals surface area contributed by atoms with Crippen LogP contribution in [-0.2, 0) is 4.74 Å². The normalized spacial score (nSPS) is 19.8. The van der Waals surface area contributed by atoms with Gasteiger partial charge in [0.25, 0.3) is 0 Å². The standard InChI is InChI=1S/C21H30N2O2/c1-4-9-18(5-2)21(24)20(16-23-12-14-25-15-13-23)22-17(3)19-10-7-6-8-11-19/h4-11,17,20-22,24H,1-2,12-16H2,3H3/b18-9+. The second-order valence-electron chi connectivity index (χ2n) is 6.37. The number of ether oxygens (including phenoxy) is 1. The van der Waals surface area contributed by atoms with Gasteiger partial charge in [0.2, 0.25) is 0 Å². The molecule has 1 heterocycles. The van der Waals surface area contributed by atoms with E-state index >= 15 is 0 Å². The van der Waals surface area contributed by atoms with E-state index in [1.54, 1.807) is 12.2 Å². The number of benzene rings is 1.